The first-order chi connectivity index (χ1) is 8.19. The summed E-state index contributed by atoms with van der Waals surface area (Å²) in [5.41, 5.74) is 1.15. The first-order valence-corrected chi connectivity index (χ1v) is 7.88. The smallest absolute Gasteiger partial charge is 0.0991 e. The molecule has 0 saturated carbocycles. The van der Waals surface area contributed by atoms with Gasteiger partial charge in [-0.15, -0.1) is 11.3 Å². The molecule has 0 aliphatic carbocycles. The lowest BCUT2D eigenvalue weighted by Gasteiger charge is -2.15. The molecule has 0 fully saturated rings. The molecule has 1 nitrogen and oxygen atoms in total. The van der Waals surface area contributed by atoms with Crippen LogP contribution >= 0.6 is 34.5 Å². The van der Waals surface area contributed by atoms with Crippen molar-refractivity contribution >= 4 is 34.5 Å². The van der Waals surface area contributed by atoms with Crippen molar-refractivity contribution < 1.29 is 0 Å². The van der Waals surface area contributed by atoms with Crippen molar-refractivity contribution in [1.82, 2.24) is 5.32 Å². The molecule has 1 unspecified atom stereocenters. The van der Waals surface area contributed by atoms with E-state index in [-0.39, 0.29) is 0 Å². The molecular weight excluding hydrogens is 273 g/mol. The highest BCUT2D eigenvalue weighted by molar-refractivity contribution is 7.20. The van der Waals surface area contributed by atoms with Crippen molar-refractivity contribution in [1.29, 1.82) is 0 Å². The first-order valence-electron chi connectivity index (χ1n) is 6.31. The van der Waals surface area contributed by atoms with Gasteiger partial charge in [-0.2, -0.15) is 0 Å². The quantitative estimate of drug-likeness (QED) is 0.608. The van der Waals surface area contributed by atoms with Crippen LogP contribution in [-0.4, -0.2) is 7.05 Å². The Balaban J connectivity index is 2.40. The van der Waals surface area contributed by atoms with Crippen LogP contribution in [0, 0.1) is 0 Å². The Bertz CT molecular complexity index is 325. The lowest BCUT2D eigenvalue weighted by Crippen LogP contribution is -2.15. The van der Waals surface area contributed by atoms with Crippen LogP contribution in [0.15, 0.2) is 6.07 Å². The zero-order valence-electron chi connectivity index (χ0n) is 10.6. The van der Waals surface area contributed by atoms with Crippen LogP contribution < -0.4 is 5.32 Å². The van der Waals surface area contributed by atoms with E-state index in [4.69, 9.17) is 23.2 Å². The van der Waals surface area contributed by atoms with Gasteiger partial charge in [0.1, 0.15) is 0 Å². The molecule has 0 bridgehead atoms. The fourth-order valence-electron chi connectivity index (χ4n) is 2.00. The van der Waals surface area contributed by atoms with Gasteiger partial charge in [0.25, 0.3) is 0 Å². The molecule has 1 N–H and O–H groups in total. The molecule has 1 atom stereocenters. The highest BCUT2D eigenvalue weighted by Gasteiger charge is 2.15. The number of halogens is 2. The molecule has 4 heteroatoms. The van der Waals surface area contributed by atoms with Crippen molar-refractivity contribution in [3.8, 4) is 0 Å². The van der Waals surface area contributed by atoms with Crippen molar-refractivity contribution in [2.24, 2.45) is 0 Å². The molecule has 0 aromatic carbocycles. The molecule has 0 spiro atoms. The summed E-state index contributed by atoms with van der Waals surface area (Å²) in [5.74, 6) is 0. The second-order valence-electron chi connectivity index (χ2n) is 4.32. The van der Waals surface area contributed by atoms with Crippen LogP contribution in [-0.2, 0) is 0 Å². The maximum Gasteiger partial charge on any atom is 0.0991 e. The van der Waals surface area contributed by atoms with Gasteiger partial charge in [0, 0.05) is 11.6 Å². The fourth-order valence-corrected chi connectivity index (χ4v) is 3.58. The van der Waals surface area contributed by atoms with Gasteiger partial charge in [-0.3, -0.25) is 0 Å². The third-order valence-corrected chi connectivity index (χ3v) is 4.52. The largest absolute Gasteiger partial charge is 0.313 e. The molecule has 17 heavy (non-hydrogen) atoms. The Kier molecular flexibility index (Phi) is 7.52. The number of unbranched alkanes of at least 4 members (excludes halogenated alkanes) is 4. The van der Waals surface area contributed by atoms with Crippen molar-refractivity contribution in [2.75, 3.05) is 7.05 Å². The van der Waals surface area contributed by atoms with Crippen LogP contribution in [0.3, 0.4) is 0 Å². The zero-order chi connectivity index (χ0) is 12.7. The van der Waals surface area contributed by atoms with E-state index < -0.39 is 0 Å². The zero-order valence-corrected chi connectivity index (χ0v) is 12.9. The van der Waals surface area contributed by atoms with E-state index in [2.05, 4.69) is 12.2 Å². The molecule has 1 rings (SSSR count). The van der Waals surface area contributed by atoms with Crippen LogP contribution in [0.5, 0.6) is 0 Å². The summed E-state index contributed by atoms with van der Waals surface area (Å²) < 4.78 is 1.60. The number of thiophene rings is 1. The Morgan fingerprint density at radius 3 is 2.47 bits per heavy atom. The second kappa shape index (κ2) is 8.36. The summed E-state index contributed by atoms with van der Waals surface area (Å²) >= 11 is 13.6. The molecule has 0 saturated heterocycles. The molecule has 1 aromatic heterocycles. The molecule has 0 aliphatic rings. The van der Waals surface area contributed by atoms with Gasteiger partial charge in [-0.05, 0) is 19.5 Å². The lowest BCUT2D eigenvalue weighted by molar-refractivity contribution is 0.502. The Hall–Kier alpha value is 0.240. The Labute approximate surface area is 119 Å². The van der Waals surface area contributed by atoms with Gasteiger partial charge in [0.05, 0.1) is 8.67 Å². The molecule has 0 aliphatic heterocycles. The maximum absolute atomic E-state index is 6.18. The van der Waals surface area contributed by atoms with E-state index in [1.165, 1.54) is 43.4 Å². The number of hydrogen-bond acceptors (Lipinski definition) is 2. The summed E-state index contributed by atoms with van der Waals surface area (Å²) in [7, 11) is 1.98. The predicted molar refractivity (Wildman–Crippen MR) is 79.5 cm³/mol. The van der Waals surface area contributed by atoms with Crippen LogP contribution in [0.25, 0.3) is 0 Å². The van der Waals surface area contributed by atoms with Crippen molar-refractivity contribution in [2.45, 2.75) is 51.5 Å². The minimum Gasteiger partial charge on any atom is -0.313 e. The van der Waals surface area contributed by atoms with E-state index in [1.807, 2.05) is 13.1 Å². The van der Waals surface area contributed by atoms with Crippen LogP contribution in [0.4, 0.5) is 0 Å². The normalized spacial score (nSPS) is 12.9. The van der Waals surface area contributed by atoms with Gasteiger partial charge in [-0.1, -0.05) is 62.2 Å². The van der Waals surface area contributed by atoms with E-state index in [9.17, 15) is 0 Å². The topological polar surface area (TPSA) is 12.0 Å². The molecule has 1 aromatic rings. The number of nitrogens with one attached hydrogen (secondary N) is 1. The van der Waals surface area contributed by atoms with Gasteiger partial charge in [0.15, 0.2) is 0 Å². The molecule has 1 heterocycles. The SMILES string of the molecule is CCCCCCCC(NC)c1cc(Cl)sc1Cl. The monoisotopic (exact) mass is 293 g/mol. The molecule has 0 radical (unpaired) electrons. The van der Waals surface area contributed by atoms with E-state index in [1.54, 1.807) is 0 Å². The minimum atomic E-state index is 0.341. The summed E-state index contributed by atoms with van der Waals surface area (Å²) in [4.78, 5) is 0. The standard InChI is InChI=1S/C13H21Cl2NS/c1-3-4-5-6-7-8-11(16-2)10-9-12(14)17-13(10)15/h9,11,16H,3-8H2,1-2H3. The summed E-state index contributed by atoms with van der Waals surface area (Å²) in [6, 6.07) is 2.33. The van der Waals surface area contributed by atoms with Gasteiger partial charge in [-0.25, -0.2) is 0 Å². The fraction of sp³-hybridized carbons (Fsp3) is 0.692. The first kappa shape index (κ1) is 15.3. The third-order valence-electron chi connectivity index (χ3n) is 3.00. The molecular formula is C13H21Cl2NS. The maximum atomic E-state index is 6.18. The highest BCUT2D eigenvalue weighted by Crippen LogP contribution is 2.36. The van der Waals surface area contributed by atoms with Crippen molar-refractivity contribution in [3.05, 3.63) is 20.3 Å². The van der Waals surface area contributed by atoms with Gasteiger partial charge in [0.2, 0.25) is 0 Å². The summed E-state index contributed by atoms with van der Waals surface area (Å²) in [6.07, 6.45) is 7.66. The Morgan fingerprint density at radius 2 is 1.94 bits per heavy atom. The number of rotatable bonds is 8. The van der Waals surface area contributed by atoms with E-state index in [0.29, 0.717) is 6.04 Å². The summed E-state index contributed by atoms with van der Waals surface area (Å²) in [5, 5.41) is 3.33. The highest BCUT2D eigenvalue weighted by atomic mass is 35.5. The van der Waals surface area contributed by atoms with Crippen LogP contribution in [0.2, 0.25) is 8.67 Å². The van der Waals surface area contributed by atoms with E-state index in [0.717, 1.165) is 20.7 Å². The minimum absolute atomic E-state index is 0.341. The van der Waals surface area contributed by atoms with E-state index >= 15 is 0 Å². The van der Waals surface area contributed by atoms with Crippen LogP contribution in [0.1, 0.15) is 57.1 Å². The third kappa shape index (κ3) is 5.17. The predicted octanol–water partition coefficient (Wildman–Crippen LogP) is 5.68. The van der Waals surface area contributed by atoms with Gasteiger partial charge < -0.3 is 5.32 Å². The molecule has 98 valence electrons. The second-order valence-corrected chi connectivity index (χ2v) is 6.61. The number of hydrogen-bond donors (Lipinski definition) is 1. The lowest BCUT2D eigenvalue weighted by atomic mass is 10.0. The Morgan fingerprint density at radius 1 is 1.24 bits per heavy atom. The molecule has 0 amide bonds. The average molecular weight is 294 g/mol. The summed E-state index contributed by atoms with van der Waals surface area (Å²) in [6.45, 7) is 2.24. The average Bonchev–Trinajstić information content (AvgIpc) is 2.63. The van der Waals surface area contributed by atoms with Crippen molar-refractivity contribution in [3.63, 3.8) is 0 Å². The van der Waals surface area contributed by atoms with Gasteiger partial charge >= 0.3 is 0 Å².